The fraction of sp³-hybridized carbons (Fsp3) is 0. The molecule has 0 saturated heterocycles. The first-order valence-corrected chi connectivity index (χ1v) is 6.03. The number of nitrogens with zero attached hydrogens (tertiary/aromatic N) is 3. The summed E-state index contributed by atoms with van der Waals surface area (Å²) in [7, 11) is 0. The van der Waals surface area contributed by atoms with E-state index in [0.29, 0.717) is 5.82 Å². The van der Waals surface area contributed by atoms with Gasteiger partial charge in [-0.3, -0.25) is 9.78 Å². The molecule has 0 bridgehead atoms. The molecule has 5 heteroatoms. The average molecular weight is 265 g/mol. The van der Waals surface area contributed by atoms with Crippen molar-refractivity contribution in [2.75, 3.05) is 0 Å². The Morgan fingerprint density at radius 2 is 1.95 bits per heavy atom. The normalized spacial score (nSPS) is 10.4. The van der Waals surface area contributed by atoms with E-state index in [1.807, 2.05) is 30.3 Å². The average Bonchev–Trinajstić information content (AvgIpc) is 2.51. The third kappa shape index (κ3) is 2.29. The van der Waals surface area contributed by atoms with Gasteiger partial charge in [0.05, 0.1) is 11.9 Å². The number of hydrogen-bond acceptors (Lipinski definition) is 4. The standard InChI is InChI=1S/C15H11N3O2/c19-13-5-8-18(10-14(13)20)15-9-11(4-7-17-15)12-3-1-2-6-16-12/h1-10,20H. The lowest BCUT2D eigenvalue weighted by Crippen LogP contribution is -2.04. The van der Waals surface area contributed by atoms with Gasteiger partial charge in [-0.05, 0) is 24.3 Å². The summed E-state index contributed by atoms with van der Waals surface area (Å²) in [5, 5.41) is 9.47. The smallest absolute Gasteiger partial charge is 0.223 e. The molecule has 0 fully saturated rings. The molecule has 0 aromatic carbocycles. The van der Waals surface area contributed by atoms with Crippen molar-refractivity contribution in [1.82, 2.24) is 14.5 Å². The molecular formula is C15H11N3O2. The maximum Gasteiger partial charge on any atom is 0.223 e. The highest BCUT2D eigenvalue weighted by molar-refractivity contribution is 5.60. The molecule has 3 aromatic rings. The van der Waals surface area contributed by atoms with Crippen LogP contribution in [0.1, 0.15) is 0 Å². The summed E-state index contributed by atoms with van der Waals surface area (Å²) in [5.41, 5.74) is 1.33. The minimum absolute atomic E-state index is 0.308. The van der Waals surface area contributed by atoms with E-state index in [-0.39, 0.29) is 5.75 Å². The van der Waals surface area contributed by atoms with E-state index in [4.69, 9.17) is 0 Å². The maximum absolute atomic E-state index is 11.2. The fourth-order valence-corrected chi connectivity index (χ4v) is 1.87. The van der Waals surface area contributed by atoms with Gasteiger partial charge in [0.1, 0.15) is 5.82 Å². The topological polar surface area (TPSA) is 68.0 Å². The minimum Gasteiger partial charge on any atom is -0.503 e. The van der Waals surface area contributed by atoms with Crippen molar-refractivity contribution >= 4 is 0 Å². The van der Waals surface area contributed by atoms with E-state index in [9.17, 15) is 9.90 Å². The molecule has 98 valence electrons. The molecule has 0 aliphatic heterocycles. The van der Waals surface area contributed by atoms with E-state index in [2.05, 4.69) is 9.97 Å². The quantitative estimate of drug-likeness (QED) is 0.769. The van der Waals surface area contributed by atoms with Gasteiger partial charge in [0.2, 0.25) is 5.43 Å². The minimum atomic E-state index is -0.415. The largest absolute Gasteiger partial charge is 0.503 e. The molecule has 5 nitrogen and oxygen atoms in total. The lowest BCUT2D eigenvalue weighted by molar-refractivity contribution is 0.465. The number of pyridine rings is 3. The van der Waals surface area contributed by atoms with Gasteiger partial charge in [-0.25, -0.2) is 4.98 Å². The Morgan fingerprint density at radius 3 is 2.70 bits per heavy atom. The summed E-state index contributed by atoms with van der Waals surface area (Å²) >= 11 is 0. The van der Waals surface area contributed by atoms with Crippen LogP contribution in [0.4, 0.5) is 0 Å². The highest BCUT2D eigenvalue weighted by atomic mass is 16.3. The lowest BCUT2D eigenvalue weighted by Gasteiger charge is -2.07. The Balaban J connectivity index is 2.07. The molecule has 20 heavy (non-hydrogen) atoms. The van der Waals surface area contributed by atoms with Gasteiger partial charge in [-0.15, -0.1) is 0 Å². The molecule has 0 atom stereocenters. The number of hydrogen-bond donors (Lipinski definition) is 1. The van der Waals surface area contributed by atoms with E-state index in [0.717, 1.165) is 11.3 Å². The highest BCUT2D eigenvalue weighted by Gasteiger charge is 2.04. The number of rotatable bonds is 2. The first-order valence-electron chi connectivity index (χ1n) is 6.03. The van der Waals surface area contributed by atoms with Gasteiger partial charge in [-0.1, -0.05) is 6.07 Å². The summed E-state index contributed by atoms with van der Waals surface area (Å²) < 4.78 is 1.59. The Hall–Kier alpha value is -2.95. The Bertz CT molecular complexity index is 797. The van der Waals surface area contributed by atoms with E-state index in [1.54, 1.807) is 23.2 Å². The predicted molar refractivity (Wildman–Crippen MR) is 74.7 cm³/mol. The first kappa shape index (κ1) is 12.1. The third-order valence-electron chi connectivity index (χ3n) is 2.87. The molecule has 0 aliphatic carbocycles. The molecule has 0 amide bonds. The Labute approximate surface area is 114 Å². The van der Waals surface area contributed by atoms with Crippen LogP contribution in [0.25, 0.3) is 17.1 Å². The van der Waals surface area contributed by atoms with Crippen LogP contribution in [0.3, 0.4) is 0 Å². The molecule has 1 N–H and O–H groups in total. The van der Waals surface area contributed by atoms with Gasteiger partial charge in [0.15, 0.2) is 5.75 Å². The van der Waals surface area contributed by atoms with Crippen LogP contribution in [0.2, 0.25) is 0 Å². The molecule has 3 rings (SSSR count). The predicted octanol–water partition coefficient (Wildman–Crippen LogP) is 2.00. The van der Waals surface area contributed by atoms with Crippen LogP contribution in [0, 0.1) is 0 Å². The van der Waals surface area contributed by atoms with Crippen LogP contribution >= 0.6 is 0 Å². The van der Waals surface area contributed by atoms with Crippen molar-refractivity contribution in [3.8, 4) is 22.8 Å². The van der Waals surface area contributed by atoms with Gasteiger partial charge in [0, 0.05) is 30.2 Å². The lowest BCUT2D eigenvalue weighted by atomic mass is 10.2. The van der Waals surface area contributed by atoms with Crippen LogP contribution in [0.15, 0.2) is 66.0 Å². The van der Waals surface area contributed by atoms with Crippen molar-refractivity contribution in [2.45, 2.75) is 0 Å². The van der Waals surface area contributed by atoms with Crippen molar-refractivity contribution < 1.29 is 5.11 Å². The Morgan fingerprint density at radius 1 is 1.05 bits per heavy atom. The summed E-state index contributed by atoms with van der Waals surface area (Å²) in [6.07, 6.45) is 6.29. The van der Waals surface area contributed by atoms with Gasteiger partial charge in [-0.2, -0.15) is 0 Å². The van der Waals surface area contributed by atoms with Gasteiger partial charge < -0.3 is 9.67 Å². The SMILES string of the molecule is O=c1ccn(-c2cc(-c3ccccn3)ccn2)cc1O. The molecule has 0 aliphatic rings. The number of aromatic hydroxyl groups is 1. The molecule has 0 spiro atoms. The molecular weight excluding hydrogens is 254 g/mol. The summed E-state index contributed by atoms with van der Waals surface area (Å²) in [6, 6.07) is 10.7. The van der Waals surface area contributed by atoms with Gasteiger partial charge >= 0.3 is 0 Å². The zero-order chi connectivity index (χ0) is 13.9. The fourth-order valence-electron chi connectivity index (χ4n) is 1.87. The van der Waals surface area contributed by atoms with E-state index >= 15 is 0 Å². The zero-order valence-electron chi connectivity index (χ0n) is 10.5. The second-order valence-electron chi connectivity index (χ2n) is 4.22. The van der Waals surface area contributed by atoms with E-state index in [1.165, 1.54) is 12.3 Å². The van der Waals surface area contributed by atoms with Crippen molar-refractivity contribution in [2.24, 2.45) is 0 Å². The van der Waals surface area contributed by atoms with Crippen molar-refractivity contribution in [3.63, 3.8) is 0 Å². The van der Waals surface area contributed by atoms with Crippen LogP contribution < -0.4 is 5.43 Å². The number of aromatic nitrogens is 3. The monoisotopic (exact) mass is 265 g/mol. The molecule has 0 saturated carbocycles. The summed E-state index contributed by atoms with van der Waals surface area (Å²) in [5.74, 6) is 0.293. The highest BCUT2D eigenvalue weighted by Crippen LogP contribution is 2.18. The van der Waals surface area contributed by atoms with Crippen LogP contribution in [0.5, 0.6) is 5.75 Å². The first-order chi connectivity index (χ1) is 9.74. The van der Waals surface area contributed by atoms with E-state index < -0.39 is 5.43 Å². The third-order valence-corrected chi connectivity index (χ3v) is 2.87. The van der Waals surface area contributed by atoms with Crippen molar-refractivity contribution in [1.29, 1.82) is 0 Å². The summed E-state index contributed by atoms with van der Waals surface area (Å²) in [4.78, 5) is 19.7. The van der Waals surface area contributed by atoms with Crippen LogP contribution in [-0.4, -0.2) is 19.6 Å². The molecule has 3 aromatic heterocycles. The molecule has 0 unspecified atom stereocenters. The second kappa shape index (κ2) is 4.97. The molecule has 3 heterocycles. The maximum atomic E-state index is 11.2. The molecule has 0 radical (unpaired) electrons. The van der Waals surface area contributed by atoms with Gasteiger partial charge in [0.25, 0.3) is 0 Å². The zero-order valence-corrected chi connectivity index (χ0v) is 10.5. The second-order valence-corrected chi connectivity index (χ2v) is 4.22. The summed E-state index contributed by atoms with van der Waals surface area (Å²) in [6.45, 7) is 0. The van der Waals surface area contributed by atoms with Crippen molar-refractivity contribution in [3.05, 3.63) is 71.4 Å². The van der Waals surface area contributed by atoms with Crippen LogP contribution in [-0.2, 0) is 0 Å². The Kier molecular flexibility index (Phi) is 3.01.